The molecule has 7 heteroatoms. The van der Waals surface area contributed by atoms with E-state index in [1.165, 1.54) is 0 Å². The lowest BCUT2D eigenvalue weighted by Gasteiger charge is -2.14. The van der Waals surface area contributed by atoms with Gasteiger partial charge >= 0.3 is 11.9 Å². The lowest BCUT2D eigenvalue weighted by molar-refractivity contribution is -0.140. The predicted octanol–water partition coefficient (Wildman–Crippen LogP) is 1.81. The molecule has 1 amide bonds. The van der Waals surface area contributed by atoms with Crippen LogP contribution in [0.2, 0.25) is 0 Å². The van der Waals surface area contributed by atoms with Gasteiger partial charge in [-0.2, -0.15) is 0 Å². The molecule has 6 nitrogen and oxygen atoms in total. The van der Waals surface area contributed by atoms with Gasteiger partial charge in [0.1, 0.15) is 6.04 Å². The summed E-state index contributed by atoms with van der Waals surface area (Å²) in [5.41, 5.74) is 1.17. The van der Waals surface area contributed by atoms with Crippen molar-refractivity contribution >= 4 is 33.8 Å². The average molecular weight is 344 g/mol. The molecule has 0 radical (unpaired) electrons. The van der Waals surface area contributed by atoms with E-state index in [0.717, 1.165) is 5.56 Å². The summed E-state index contributed by atoms with van der Waals surface area (Å²) in [5.74, 6) is -2.91. The second kappa shape index (κ2) is 7.04. The average Bonchev–Trinajstić information content (AvgIpc) is 2.32. The second-order valence-corrected chi connectivity index (χ2v) is 5.23. The summed E-state index contributed by atoms with van der Waals surface area (Å²) in [6.45, 7) is 1.81. The van der Waals surface area contributed by atoms with E-state index in [1.54, 1.807) is 19.1 Å². The molecule has 0 aliphatic rings. The Morgan fingerprint density at radius 2 is 1.90 bits per heavy atom. The highest BCUT2D eigenvalue weighted by atomic mass is 79.9. The van der Waals surface area contributed by atoms with Crippen molar-refractivity contribution in [3.8, 4) is 0 Å². The second-order valence-electron chi connectivity index (χ2n) is 4.31. The fourth-order valence-corrected chi connectivity index (χ4v) is 2.24. The Kier molecular flexibility index (Phi) is 5.69. The van der Waals surface area contributed by atoms with Gasteiger partial charge < -0.3 is 15.5 Å². The normalized spacial score (nSPS) is 11.7. The zero-order chi connectivity index (χ0) is 15.3. The Morgan fingerprint density at radius 3 is 2.40 bits per heavy atom. The third kappa shape index (κ3) is 5.00. The number of hydrogen-bond donors (Lipinski definition) is 3. The number of carboxylic acids is 2. The summed E-state index contributed by atoms with van der Waals surface area (Å²) >= 11 is 3.25. The van der Waals surface area contributed by atoms with Crippen LogP contribution >= 0.6 is 15.9 Å². The van der Waals surface area contributed by atoms with E-state index in [9.17, 15) is 14.4 Å². The number of carboxylic acid groups (broad SMARTS) is 2. The Morgan fingerprint density at radius 1 is 1.25 bits per heavy atom. The van der Waals surface area contributed by atoms with Crippen molar-refractivity contribution in [3.05, 3.63) is 33.8 Å². The van der Waals surface area contributed by atoms with E-state index in [1.807, 2.05) is 6.07 Å². The summed E-state index contributed by atoms with van der Waals surface area (Å²) < 4.78 is 0.708. The SMILES string of the molecule is Cc1cc(Br)cc(C(=O)N[C@@H](CCC(=O)O)C(=O)O)c1. The molecular weight excluding hydrogens is 330 g/mol. The molecule has 1 aromatic carbocycles. The Hall–Kier alpha value is -1.89. The number of rotatable bonds is 6. The number of aryl methyl sites for hydroxylation is 1. The first kappa shape index (κ1) is 16.2. The van der Waals surface area contributed by atoms with Crippen LogP contribution in [0.3, 0.4) is 0 Å². The van der Waals surface area contributed by atoms with Gasteiger partial charge in [0.2, 0.25) is 0 Å². The molecule has 1 rings (SSSR count). The van der Waals surface area contributed by atoms with E-state index in [4.69, 9.17) is 10.2 Å². The Labute approximate surface area is 123 Å². The minimum absolute atomic E-state index is 0.163. The van der Waals surface area contributed by atoms with Crippen molar-refractivity contribution < 1.29 is 24.6 Å². The first-order chi connectivity index (χ1) is 9.29. The molecule has 0 saturated carbocycles. The number of aliphatic carboxylic acids is 2. The minimum atomic E-state index is -1.26. The molecule has 0 unspecified atom stereocenters. The summed E-state index contributed by atoms with van der Waals surface area (Å²) in [5, 5.41) is 19.9. The Bertz CT molecular complexity index is 523. The molecule has 1 atom stereocenters. The van der Waals surface area contributed by atoms with Crippen LogP contribution in [0.25, 0.3) is 0 Å². The Balaban J connectivity index is 2.79. The molecule has 0 aliphatic carbocycles. The van der Waals surface area contributed by atoms with Gasteiger partial charge in [-0.15, -0.1) is 0 Å². The highest BCUT2D eigenvalue weighted by Crippen LogP contribution is 2.15. The number of amides is 1. The van der Waals surface area contributed by atoms with Gasteiger partial charge in [-0.1, -0.05) is 15.9 Å². The van der Waals surface area contributed by atoms with Crippen LogP contribution in [-0.4, -0.2) is 34.1 Å². The van der Waals surface area contributed by atoms with Crippen LogP contribution in [0.4, 0.5) is 0 Å². The van der Waals surface area contributed by atoms with Crippen LogP contribution in [-0.2, 0) is 9.59 Å². The molecule has 20 heavy (non-hydrogen) atoms. The molecule has 1 aromatic rings. The van der Waals surface area contributed by atoms with Crippen LogP contribution < -0.4 is 5.32 Å². The highest BCUT2D eigenvalue weighted by Gasteiger charge is 2.21. The van der Waals surface area contributed by atoms with Crippen molar-refractivity contribution in [1.29, 1.82) is 0 Å². The van der Waals surface area contributed by atoms with Gasteiger partial charge in [-0.05, 0) is 37.1 Å². The quantitative estimate of drug-likeness (QED) is 0.730. The van der Waals surface area contributed by atoms with Crippen molar-refractivity contribution in [3.63, 3.8) is 0 Å². The lowest BCUT2D eigenvalue weighted by atomic mass is 10.1. The fourth-order valence-electron chi connectivity index (χ4n) is 1.63. The third-order valence-corrected chi connectivity index (χ3v) is 3.01. The molecule has 0 saturated heterocycles. The van der Waals surface area contributed by atoms with E-state index >= 15 is 0 Å². The minimum Gasteiger partial charge on any atom is -0.481 e. The summed E-state index contributed by atoms with van der Waals surface area (Å²) in [6, 6.07) is 3.78. The van der Waals surface area contributed by atoms with Crippen molar-refractivity contribution in [2.75, 3.05) is 0 Å². The summed E-state index contributed by atoms with van der Waals surface area (Å²) in [4.78, 5) is 33.4. The third-order valence-electron chi connectivity index (χ3n) is 2.55. The van der Waals surface area contributed by atoms with E-state index < -0.39 is 23.9 Å². The maximum Gasteiger partial charge on any atom is 0.326 e. The molecule has 0 heterocycles. The number of benzene rings is 1. The van der Waals surface area contributed by atoms with Gasteiger partial charge in [0.25, 0.3) is 5.91 Å². The van der Waals surface area contributed by atoms with Gasteiger partial charge in [0.15, 0.2) is 0 Å². The van der Waals surface area contributed by atoms with Gasteiger partial charge in [0.05, 0.1) is 0 Å². The maximum absolute atomic E-state index is 12.0. The first-order valence-corrected chi connectivity index (χ1v) is 6.61. The monoisotopic (exact) mass is 343 g/mol. The molecule has 3 N–H and O–H groups in total. The van der Waals surface area contributed by atoms with E-state index in [-0.39, 0.29) is 12.8 Å². The first-order valence-electron chi connectivity index (χ1n) is 5.82. The molecule has 0 spiro atoms. The summed E-state index contributed by atoms with van der Waals surface area (Å²) in [6.07, 6.45) is -0.488. The standard InChI is InChI=1S/C13H14BrNO5/c1-7-4-8(6-9(14)5-7)12(18)15-10(13(19)20)2-3-11(16)17/h4-6,10H,2-3H2,1H3,(H,15,18)(H,16,17)(H,19,20)/t10-/m0/s1. The van der Waals surface area contributed by atoms with Crippen LogP contribution in [0.15, 0.2) is 22.7 Å². The maximum atomic E-state index is 12.0. The number of halogens is 1. The molecule has 0 fully saturated rings. The molecule has 108 valence electrons. The topological polar surface area (TPSA) is 104 Å². The zero-order valence-corrected chi connectivity index (χ0v) is 12.3. The predicted molar refractivity (Wildman–Crippen MR) is 74.6 cm³/mol. The van der Waals surface area contributed by atoms with Gasteiger partial charge in [0, 0.05) is 16.5 Å². The van der Waals surface area contributed by atoms with Gasteiger partial charge in [-0.3, -0.25) is 9.59 Å². The molecule has 0 bridgehead atoms. The van der Waals surface area contributed by atoms with Gasteiger partial charge in [-0.25, -0.2) is 4.79 Å². The zero-order valence-electron chi connectivity index (χ0n) is 10.7. The van der Waals surface area contributed by atoms with Crippen LogP contribution in [0.1, 0.15) is 28.8 Å². The van der Waals surface area contributed by atoms with E-state index in [0.29, 0.717) is 10.0 Å². The largest absolute Gasteiger partial charge is 0.481 e. The van der Waals surface area contributed by atoms with E-state index in [2.05, 4.69) is 21.2 Å². The fraction of sp³-hybridized carbons (Fsp3) is 0.308. The van der Waals surface area contributed by atoms with Crippen molar-refractivity contribution in [1.82, 2.24) is 5.32 Å². The summed E-state index contributed by atoms with van der Waals surface area (Å²) in [7, 11) is 0. The van der Waals surface area contributed by atoms with Crippen LogP contribution in [0, 0.1) is 6.92 Å². The number of carbonyl (C=O) groups is 3. The number of hydrogen-bond acceptors (Lipinski definition) is 3. The molecular formula is C13H14BrNO5. The van der Waals surface area contributed by atoms with Crippen molar-refractivity contribution in [2.45, 2.75) is 25.8 Å². The molecule has 0 aliphatic heterocycles. The smallest absolute Gasteiger partial charge is 0.326 e. The number of nitrogens with one attached hydrogen (secondary N) is 1. The highest BCUT2D eigenvalue weighted by molar-refractivity contribution is 9.10. The van der Waals surface area contributed by atoms with Crippen LogP contribution in [0.5, 0.6) is 0 Å². The lowest BCUT2D eigenvalue weighted by Crippen LogP contribution is -2.41. The number of carbonyl (C=O) groups excluding carboxylic acids is 1. The van der Waals surface area contributed by atoms with Crippen molar-refractivity contribution in [2.24, 2.45) is 0 Å². The molecule has 0 aromatic heterocycles.